The molecule has 2 rings (SSSR count). The zero-order valence-electron chi connectivity index (χ0n) is 13.6. The van der Waals surface area contributed by atoms with Gasteiger partial charge in [0.25, 0.3) is 0 Å². The first-order chi connectivity index (χ1) is 11.6. The summed E-state index contributed by atoms with van der Waals surface area (Å²) in [7, 11) is 0. The Kier molecular flexibility index (Phi) is 6.37. The van der Waals surface area contributed by atoms with Gasteiger partial charge in [0.05, 0.1) is 6.61 Å². The van der Waals surface area contributed by atoms with Gasteiger partial charge in [-0.3, -0.25) is 9.59 Å². The van der Waals surface area contributed by atoms with Crippen LogP contribution in [-0.4, -0.2) is 30.1 Å². The lowest BCUT2D eigenvalue weighted by Gasteiger charge is -2.21. The van der Waals surface area contributed by atoms with Crippen molar-refractivity contribution in [1.29, 1.82) is 0 Å². The van der Waals surface area contributed by atoms with E-state index in [4.69, 9.17) is 9.84 Å². The molecular weight excluding hydrogens is 306 g/mol. The summed E-state index contributed by atoms with van der Waals surface area (Å²) < 4.78 is 5.39. The van der Waals surface area contributed by atoms with Crippen molar-refractivity contribution in [3.63, 3.8) is 0 Å². The molecule has 1 amide bonds. The standard InChI is InChI=1S/C19H21NO4/c1-2-24-17-11-8-15(9-12-17)10-13-18(21)20(14-19(22)23)16-6-4-3-5-7-16/h3-9,11-12H,2,10,13-14H2,1H3,(H,22,23). The Bertz CT molecular complexity index is 668. The first kappa shape index (κ1) is 17.5. The highest BCUT2D eigenvalue weighted by Crippen LogP contribution is 2.17. The fourth-order valence-corrected chi connectivity index (χ4v) is 2.37. The lowest BCUT2D eigenvalue weighted by molar-refractivity contribution is -0.136. The maximum Gasteiger partial charge on any atom is 0.323 e. The van der Waals surface area contributed by atoms with Crippen molar-refractivity contribution in [2.45, 2.75) is 19.8 Å². The molecule has 24 heavy (non-hydrogen) atoms. The number of benzene rings is 2. The Labute approximate surface area is 141 Å². The number of rotatable bonds is 8. The molecule has 0 saturated heterocycles. The fourth-order valence-electron chi connectivity index (χ4n) is 2.37. The van der Waals surface area contributed by atoms with E-state index in [0.717, 1.165) is 11.3 Å². The number of anilines is 1. The number of nitrogens with zero attached hydrogens (tertiary/aromatic N) is 1. The van der Waals surface area contributed by atoms with E-state index < -0.39 is 5.97 Å². The van der Waals surface area contributed by atoms with Crippen LogP contribution < -0.4 is 9.64 Å². The first-order valence-corrected chi connectivity index (χ1v) is 7.89. The van der Waals surface area contributed by atoms with E-state index in [9.17, 15) is 9.59 Å². The third-order valence-electron chi connectivity index (χ3n) is 3.52. The number of hydrogen-bond donors (Lipinski definition) is 1. The number of hydrogen-bond acceptors (Lipinski definition) is 3. The topological polar surface area (TPSA) is 66.8 Å². The van der Waals surface area contributed by atoms with E-state index in [2.05, 4.69) is 0 Å². The zero-order valence-corrected chi connectivity index (χ0v) is 13.6. The van der Waals surface area contributed by atoms with E-state index in [-0.39, 0.29) is 18.9 Å². The summed E-state index contributed by atoms with van der Waals surface area (Å²) in [5.74, 6) is -0.449. The number of para-hydroxylation sites is 1. The highest BCUT2D eigenvalue weighted by molar-refractivity contribution is 5.97. The normalized spacial score (nSPS) is 10.2. The Balaban J connectivity index is 2.01. The molecule has 0 atom stereocenters. The summed E-state index contributed by atoms with van der Waals surface area (Å²) in [5, 5.41) is 9.05. The summed E-state index contributed by atoms with van der Waals surface area (Å²) in [6.45, 7) is 2.19. The predicted molar refractivity (Wildman–Crippen MR) is 92.4 cm³/mol. The van der Waals surface area contributed by atoms with E-state index in [1.54, 1.807) is 24.3 Å². The summed E-state index contributed by atoms with van der Waals surface area (Å²) in [4.78, 5) is 24.8. The van der Waals surface area contributed by atoms with Gasteiger partial charge in [-0.05, 0) is 43.2 Å². The molecule has 0 radical (unpaired) electrons. The molecule has 0 aliphatic heterocycles. The average molecular weight is 327 g/mol. The van der Waals surface area contributed by atoms with Crippen molar-refractivity contribution in [1.82, 2.24) is 0 Å². The van der Waals surface area contributed by atoms with Crippen LogP contribution >= 0.6 is 0 Å². The Morgan fingerprint density at radius 1 is 1.04 bits per heavy atom. The van der Waals surface area contributed by atoms with Gasteiger partial charge < -0.3 is 14.7 Å². The minimum atomic E-state index is -1.03. The Morgan fingerprint density at radius 3 is 2.29 bits per heavy atom. The SMILES string of the molecule is CCOc1ccc(CCC(=O)N(CC(=O)O)c2ccccc2)cc1. The van der Waals surface area contributed by atoms with Gasteiger partial charge in [0.2, 0.25) is 5.91 Å². The number of ether oxygens (including phenoxy) is 1. The van der Waals surface area contributed by atoms with Crippen LogP contribution in [0.2, 0.25) is 0 Å². The molecule has 0 unspecified atom stereocenters. The second-order valence-corrected chi connectivity index (χ2v) is 5.29. The first-order valence-electron chi connectivity index (χ1n) is 7.89. The van der Waals surface area contributed by atoms with Gasteiger partial charge in [0, 0.05) is 12.1 Å². The van der Waals surface area contributed by atoms with Gasteiger partial charge >= 0.3 is 5.97 Å². The van der Waals surface area contributed by atoms with Crippen molar-refractivity contribution in [2.24, 2.45) is 0 Å². The van der Waals surface area contributed by atoms with Gasteiger partial charge in [-0.25, -0.2) is 0 Å². The van der Waals surface area contributed by atoms with Crippen LogP contribution in [0.5, 0.6) is 5.75 Å². The average Bonchev–Trinajstić information content (AvgIpc) is 2.60. The molecule has 2 aromatic rings. The van der Waals surface area contributed by atoms with Crippen molar-refractivity contribution < 1.29 is 19.4 Å². The highest BCUT2D eigenvalue weighted by atomic mass is 16.5. The van der Waals surface area contributed by atoms with Gasteiger partial charge in [0.1, 0.15) is 12.3 Å². The molecule has 0 aliphatic rings. The summed E-state index contributed by atoms with van der Waals surface area (Å²) in [6, 6.07) is 16.4. The van der Waals surface area contributed by atoms with Gasteiger partial charge in [0.15, 0.2) is 0 Å². The van der Waals surface area contributed by atoms with Crippen LogP contribution in [-0.2, 0) is 16.0 Å². The fraction of sp³-hybridized carbons (Fsp3) is 0.263. The molecular formula is C19H21NO4. The van der Waals surface area contributed by atoms with Crippen LogP contribution in [0.25, 0.3) is 0 Å². The second kappa shape index (κ2) is 8.72. The number of aryl methyl sites for hydroxylation is 1. The summed E-state index contributed by atoms with van der Waals surface area (Å²) in [6.07, 6.45) is 0.796. The molecule has 0 bridgehead atoms. The third kappa shape index (κ3) is 5.12. The quantitative estimate of drug-likeness (QED) is 0.809. The lowest BCUT2D eigenvalue weighted by Crippen LogP contribution is -2.35. The van der Waals surface area contributed by atoms with Crippen molar-refractivity contribution in [3.05, 3.63) is 60.2 Å². The number of aliphatic carboxylic acids is 1. The predicted octanol–water partition coefficient (Wildman–Crippen LogP) is 3.14. The molecule has 5 nitrogen and oxygen atoms in total. The van der Waals surface area contributed by atoms with E-state index in [1.807, 2.05) is 37.3 Å². The number of carbonyl (C=O) groups excluding carboxylic acids is 1. The minimum Gasteiger partial charge on any atom is -0.494 e. The summed E-state index contributed by atoms with van der Waals surface area (Å²) in [5.41, 5.74) is 1.60. The second-order valence-electron chi connectivity index (χ2n) is 5.29. The molecule has 0 aliphatic carbocycles. The molecule has 2 aromatic carbocycles. The maximum absolute atomic E-state index is 12.5. The number of carboxylic acid groups (broad SMARTS) is 1. The Morgan fingerprint density at radius 2 is 1.71 bits per heavy atom. The molecule has 0 heterocycles. The van der Waals surface area contributed by atoms with E-state index >= 15 is 0 Å². The molecule has 0 fully saturated rings. The largest absolute Gasteiger partial charge is 0.494 e. The van der Waals surface area contributed by atoms with E-state index in [0.29, 0.717) is 18.7 Å². The summed E-state index contributed by atoms with van der Waals surface area (Å²) >= 11 is 0. The van der Waals surface area contributed by atoms with Crippen LogP contribution in [0, 0.1) is 0 Å². The zero-order chi connectivity index (χ0) is 17.4. The number of carbonyl (C=O) groups is 2. The van der Waals surface area contributed by atoms with Gasteiger partial charge in [-0.1, -0.05) is 30.3 Å². The van der Waals surface area contributed by atoms with Crippen molar-refractivity contribution in [2.75, 3.05) is 18.1 Å². The monoisotopic (exact) mass is 327 g/mol. The van der Waals surface area contributed by atoms with E-state index in [1.165, 1.54) is 4.90 Å². The van der Waals surface area contributed by atoms with Crippen LogP contribution in [0.3, 0.4) is 0 Å². The molecule has 1 N–H and O–H groups in total. The molecule has 0 saturated carbocycles. The van der Waals surface area contributed by atoms with Gasteiger partial charge in [-0.15, -0.1) is 0 Å². The maximum atomic E-state index is 12.5. The van der Waals surface area contributed by atoms with Crippen LogP contribution in [0.4, 0.5) is 5.69 Å². The molecule has 5 heteroatoms. The van der Waals surface area contributed by atoms with Crippen molar-refractivity contribution in [3.8, 4) is 5.75 Å². The third-order valence-corrected chi connectivity index (χ3v) is 3.52. The van der Waals surface area contributed by atoms with Gasteiger partial charge in [-0.2, -0.15) is 0 Å². The Hall–Kier alpha value is -2.82. The molecule has 0 spiro atoms. The van der Waals surface area contributed by atoms with Crippen molar-refractivity contribution >= 4 is 17.6 Å². The number of carboxylic acids is 1. The smallest absolute Gasteiger partial charge is 0.323 e. The minimum absolute atomic E-state index is 0.211. The lowest BCUT2D eigenvalue weighted by atomic mass is 10.1. The molecule has 126 valence electrons. The highest BCUT2D eigenvalue weighted by Gasteiger charge is 2.18. The molecule has 0 aromatic heterocycles. The van der Waals surface area contributed by atoms with Crippen LogP contribution in [0.1, 0.15) is 18.9 Å². The van der Waals surface area contributed by atoms with Crippen LogP contribution in [0.15, 0.2) is 54.6 Å². The number of amides is 1.